The smallest absolute Gasteiger partial charge is 0.0334 e. The quantitative estimate of drug-likeness (QED) is 0.783. The van der Waals surface area contributed by atoms with Crippen molar-refractivity contribution in [3.8, 4) is 0 Å². The van der Waals surface area contributed by atoms with Gasteiger partial charge in [-0.25, -0.2) is 0 Å². The van der Waals surface area contributed by atoms with Gasteiger partial charge in [-0.15, -0.1) is 0 Å². The van der Waals surface area contributed by atoms with Gasteiger partial charge < -0.3 is 5.32 Å². The Kier molecular flexibility index (Phi) is 6.15. The third-order valence-corrected chi connectivity index (χ3v) is 5.31. The van der Waals surface area contributed by atoms with Crippen LogP contribution in [0.1, 0.15) is 78.1 Å². The van der Waals surface area contributed by atoms with Crippen LogP contribution < -0.4 is 5.32 Å². The van der Waals surface area contributed by atoms with E-state index in [-0.39, 0.29) is 0 Å². The van der Waals surface area contributed by atoms with E-state index >= 15 is 0 Å². The van der Waals surface area contributed by atoms with Crippen molar-refractivity contribution in [3.63, 3.8) is 0 Å². The Morgan fingerprint density at radius 2 is 1.63 bits per heavy atom. The summed E-state index contributed by atoms with van der Waals surface area (Å²) in [6, 6.07) is 0.689. The van der Waals surface area contributed by atoms with Crippen LogP contribution in [0.5, 0.6) is 0 Å². The summed E-state index contributed by atoms with van der Waals surface area (Å²) < 4.78 is 0. The van der Waals surface area contributed by atoms with Gasteiger partial charge in [-0.3, -0.25) is 4.90 Å². The molecule has 2 rings (SSSR count). The number of rotatable bonds is 6. The van der Waals surface area contributed by atoms with Gasteiger partial charge in [0.25, 0.3) is 0 Å². The van der Waals surface area contributed by atoms with Crippen molar-refractivity contribution in [2.75, 3.05) is 19.6 Å². The van der Waals surface area contributed by atoms with Crippen molar-refractivity contribution in [2.45, 2.75) is 89.6 Å². The van der Waals surface area contributed by atoms with E-state index in [2.05, 4.69) is 24.1 Å². The molecule has 1 aliphatic heterocycles. The minimum Gasteiger partial charge on any atom is -0.312 e. The van der Waals surface area contributed by atoms with Crippen LogP contribution in [0.2, 0.25) is 0 Å². The molecular weight excluding hydrogens is 232 g/mol. The molecule has 0 amide bonds. The molecule has 2 aliphatic rings. The normalized spacial score (nSPS) is 26.2. The molecule has 1 saturated heterocycles. The highest BCUT2D eigenvalue weighted by molar-refractivity contribution is 4.96. The molecule has 1 saturated carbocycles. The monoisotopic (exact) mass is 266 g/mol. The van der Waals surface area contributed by atoms with E-state index in [9.17, 15) is 0 Å². The summed E-state index contributed by atoms with van der Waals surface area (Å²) >= 11 is 0. The minimum atomic E-state index is 0.501. The van der Waals surface area contributed by atoms with Crippen molar-refractivity contribution in [2.24, 2.45) is 0 Å². The maximum atomic E-state index is 3.85. The third-order valence-electron chi connectivity index (χ3n) is 5.31. The van der Waals surface area contributed by atoms with Gasteiger partial charge in [0.2, 0.25) is 0 Å². The number of nitrogens with zero attached hydrogens (tertiary/aromatic N) is 1. The Balaban J connectivity index is 1.93. The van der Waals surface area contributed by atoms with Crippen LogP contribution in [-0.4, -0.2) is 36.1 Å². The number of piperidine rings is 1. The molecule has 0 aromatic rings. The summed E-state index contributed by atoms with van der Waals surface area (Å²) in [6.07, 6.45) is 14.1. The highest BCUT2D eigenvalue weighted by Crippen LogP contribution is 2.35. The SMILES string of the molecule is CCCC(C)NCC1(N2CCCCC2)CCCCC1. The number of hydrogen-bond acceptors (Lipinski definition) is 2. The van der Waals surface area contributed by atoms with Crippen LogP contribution in [0.25, 0.3) is 0 Å². The zero-order valence-electron chi connectivity index (χ0n) is 13.2. The van der Waals surface area contributed by atoms with E-state index in [4.69, 9.17) is 0 Å². The second-order valence-corrected chi connectivity index (χ2v) is 6.90. The molecule has 0 bridgehead atoms. The maximum Gasteiger partial charge on any atom is 0.0334 e. The molecule has 1 atom stereocenters. The molecule has 112 valence electrons. The van der Waals surface area contributed by atoms with E-state index in [0.29, 0.717) is 11.6 Å². The minimum absolute atomic E-state index is 0.501. The number of nitrogens with one attached hydrogen (secondary N) is 1. The van der Waals surface area contributed by atoms with E-state index in [1.165, 1.54) is 83.8 Å². The Bertz CT molecular complexity index is 240. The molecule has 2 nitrogen and oxygen atoms in total. The summed E-state index contributed by atoms with van der Waals surface area (Å²) in [6.45, 7) is 8.58. The predicted molar refractivity (Wildman–Crippen MR) is 83.6 cm³/mol. The van der Waals surface area contributed by atoms with Crippen molar-refractivity contribution >= 4 is 0 Å². The second-order valence-electron chi connectivity index (χ2n) is 6.90. The van der Waals surface area contributed by atoms with E-state index in [1.54, 1.807) is 0 Å². The fourth-order valence-electron chi connectivity index (χ4n) is 4.08. The first kappa shape index (κ1) is 15.3. The lowest BCUT2D eigenvalue weighted by Crippen LogP contribution is -2.58. The lowest BCUT2D eigenvalue weighted by atomic mass is 9.79. The van der Waals surface area contributed by atoms with Crippen molar-refractivity contribution in [1.29, 1.82) is 0 Å². The van der Waals surface area contributed by atoms with Crippen LogP contribution >= 0.6 is 0 Å². The summed E-state index contributed by atoms with van der Waals surface area (Å²) in [4.78, 5) is 2.85. The highest BCUT2D eigenvalue weighted by atomic mass is 15.2. The van der Waals surface area contributed by atoms with Crippen LogP contribution in [0.15, 0.2) is 0 Å². The van der Waals surface area contributed by atoms with Gasteiger partial charge in [-0.2, -0.15) is 0 Å². The van der Waals surface area contributed by atoms with Crippen molar-refractivity contribution in [1.82, 2.24) is 10.2 Å². The molecule has 1 N–H and O–H groups in total. The van der Waals surface area contributed by atoms with Crippen LogP contribution in [0, 0.1) is 0 Å². The van der Waals surface area contributed by atoms with Crippen LogP contribution in [-0.2, 0) is 0 Å². The average Bonchev–Trinajstić information content (AvgIpc) is 2.47. The third kappa shape index (κ3) is 4.19. The topological polar surface area (TPSA) is 15.3 Å². The highest BCUT2D eigenvalue weighted by Gasteiger charge is 2.38. The largest absolute Gasteiger partial charge is 0.312 e. The first-order chi connectivity index (χ1) is 9.27. The Hall–Kier alpha value is -0.0800. The molecule has 0 aromatic heterocycles. The molecule has 2 heteroatoms. The first-order valence-electron chi connectivity index (χ1n) is 8.75. The zero-order chi connectivity index (χ0) is 13.6. The molecule has 1 heterocycles. The molecule has 0 aromatic carbocycles. The molecular formula is C17H34N2. The van der Waals surface area contributed by atoms with E-state index in [0.717, 1.165) is 0 Å². The zero-order valence-corrected chi connectivity index (χ0v) is 13.2. The van der Waals surface area contributed by atoms with Gasteiger partial charge >= 0.3 is 0 Å². The van der Waals surface area contributed by atoms with Gasteiger partial charge in [-0.1, -0.05) is 39.0 Å². The Labute approximate surface area is 120 Å². The average molecular weight is 266 g/mol. The van der Waals surface area contributed by atoms with Gasteiger partial charge in [0, 0.05) is 18.1 Å². The fraction of sp³-hybridized carbons (Fsp3) is 1.00. The van der Waals surface area contributed by atoms with Crippen molar-refractivity contribution < 1.29 is 0 Å². The summed E-state index contributed by atoms with van der Waals surface area (Å²) in [5, 5.41) is 3.85. The van der Waals surface area contributed by atoms with Gasteiger partial charge in [0.05, 0.1) is 0 Å². The molecule has 19 heavy (non-hydrogen) atoms. The number of hydrogen-bond donors (Lipinski definition) is 1. The molecule has 0 radical (unpaired) electrons. The van der Waals surface area contributed by atoms with Crippen LogP contribution in [0.3, 0.4) is 0 Å². The standard InChI is InChI=1S/C17H34N2/c1-3-10-16(2)18-15-17(11-6-4-7-12-17)19-13-8-5-9-14-19/h16,18H,3-15H2,1-2H3. The van der Waals surface area contributed by atoms with Crippen molar-refractivity contribution in [3.05, 3.63) is 0 Å². The lowest BCUT2D eigenvalue weighted by Gasteiger charge is -2.49. The summed E-state index contributed by atoms with van der Waals surface area (Å²) in [5.74, 6) is 0. The fourth-order valence-corrected chi connectivity index (χ4v) is 4.08. The number of likely N-dealkylation sites (tertiary alicyclic amines) is 1. The molecule has 2 fully saturated rings. The Morgan fingerprint density at radius 3 is 2.26 bits per heavy atom. The van der Waals surface area contributed by atoms with Gasteiger partial charge in [0.1, 0.15) is 0 Å². The second kappa shape index (κ2) is 7.64. The molecule has 1 unspecified atom stereocenters. The van der Waals surface area contributed by atoms with E-state index in [1.807, 2.05) is 0 Å². The molecule has 0 spiro atoms. The maximum absolute atomic E-state index is 3.85. The van der Waals surface area contributed by atoms with Gasteiger partial charge in [-0.05, 0) is 52.1 Å². The van der Waals surface area contributed by atoms with Gasteiger partial charge in [0.15, 0.2) is 0 Å². The van der Waals surface area contributed by atoms with Crippen LogP contribution in [0.4, 0.5) is 0 Å². The first-order valence-corrected chi connectivity index (χ1v) is 8.75. The lowest BCUT2D eigenvalue weighted by molar-refractivity contribution is 0.0316. The van der Waals surface area contributed by atoms with E-state index < -0.39 is 0 Å². The molecule has 1 aliphatic carbocycles. The predicted octanol–water partition coefficient (Wildman–Crippen LogP) is 3.95. The Morgan fingerprint density at radius 1 is 1.00 bits per heavy atom. The summed E-state index contributed by atoms with van der Waals surface area (Å²) in [5.41, 5.74) is 0.501. The summed E-state index contributed by atoms with van der Waals surface area (Å²) in [7, 11) is 0.